The van der Waals surface area contributed by atoms with E-state index in [1.54, 1.807) is 7.05 Å². The zero-order valence-electron chi connectivity index (χ0n) is 39.5. The minimum Gasteiger partial charge on any atom is -0.387 e. The molecule has 13 N–H and O–H groups in total. The standard InChI is InChI=1S/C34H47N15O23P4/c1-37-26-17-28(41-9-39-26)48(11-43-17)33-24(63-4)23(70-73(54,55)64-5-13-19(50)20(51)31(67-13)47-10-42-16-25(35)38-8-40-27(16)47)15(69-33)7-66-75(58,59)72-76(60,61)71-74(56,57)65-6-14-22(62-3)21(52)32(68-14)49-12-46(2)18-29(49)44-34(36)45-30(18)53/h8-15,19-24,31-33,50-52H,5-7H2,1-4H3,(H9-,35,36,37,38,39,40,41,44,45,53,54,55,56,57,58,59,60,61)/p+1/t13-,14-,15-,19?,20+,21?,22+,23?,24+,31-,32-,33-/m1/s1. The number of rotatable bonds is 21. The third-order valence-corrected chi connectivity index (χ3v) is 17.2. The fourth-order valence-electron chi connectivity index (χ4n) is 8.66. The van der Waals surface area contributed by atoms with Gasteiger partial charge in [0.05, 0.1) is 39.5 Å². The van der Waals surface area contributed by atoms with Crippen LogP contribution in [-0.2, 0) is 75.7 Å². The van der Waals surface area contributed by atoms with Gasteiger partial charge in [-0.25, -0.2) is 52.7 Å². The van der Waals surface area contributed by atoms with Crippen molar-refractivity contribution in [2.24, 2.45) is 7.05 Å². The van der Waals surface area contributed by atoms with E-state index in [9.17, 15) is 57.9 Å². The summed E-state index contributed by atoms with van der Waals surface area (Å²) in [4.78, 5) is 86.3. The van der Waals surface area contributed by atoms with E-state index in [1.165, 1.54) is 50.6 Å². The number of anilines is 3. The molecule has 0 aliphatic carbocycles. The Bertz CT molecular complexity index is 3390. The van der Waals surface area contributed by atoms with Crippen molar-refractivity contribution in [2.75, 3.05) is 57.9 Å². The highest BCUT2D eigenvalue weighted by atomic mass is 31.3. The smallest absolute Gasteiger partial charge is 0.387 e. The van der Waals surface area contributed by atoms with Crippen molar-refractivity contribution in [1.29, 1.82) is 0 Å². The second-order valence-electron chi connectivity index (χ2n) is 16.7. The first-order chi connectivity index (χ1) is 35.8. The summed E-state index contributed by atoms with van der Waals surface area (Å²) in [5.41, 5.74) is 11.5. The molecule has 38 nitrogen and oxygen atoms in total. The molecular weight excluding hydrogens is 1110 g/mol. The number of phosphoric acid groups is 4. The van der Waals surface area contributed by atoms with Crippen LogP contribution in [0.25, 0.3) is 33.5 Å². The summed E-state index contributed by atoms with van der Waals surface area (Å²) in [5.74, 6) is 0.00822. The summed E-state index contributed by atoms with van der Waals surface area (Å²) >= 11 is 0. The van der Waals surface area contributed by atoms with Gasteiger partial charge in [0, 0.05) is 21.3 Å². The Morgan fingerprint density at radius 2 is 1.28 bits per heavy atom. The number of nitrogens with one attached hydrogen (secondary N) is 2. The Morgan fingerprint density at radius 3 is 1.92 bits per heavy atom. The topological polar surface area (TPSA) is 517 Å². The van der Waals surface area contributed by atoms with Gasteiger partial charge in [0.2, 0.25) is 11.7 Å². The fourth-order valence-corrected chi connectivity index (χ4v) is 13.1. The molecule has 42 heteroatoms. The van der Waals surface area contributed by atoms with Crippen molar-refractivity contribution >= 4 is 82.4 Å². The lowest BCUT2D eigenvalue weighted by molar-refractivity contribution is -0.745. The Labute approximate surface area is 423 Å². The molecule has 7 unspecified atom stereocenters. The summed E-state index contributed by atoms with van der Waals surface area (Å²) in [6, 6.07) is 0. The lowest BCUT2D eigenvalue weighted by Crippen LogP contribution is -2.46. The van der Waals surface area contributed by atoms with Crippen molar-refractivity contribution in [3.63, 3.8) is 0 Å². The number of ether oxygens (including phenoxy) is 5. The average molecular weight is 1160 g/mol. The van der Waals surface area contributed by atoms with Gasteiger partial charge in [-0.3, -0.25) is 41.6 Å². The predicted octanol–water partition coefficient (Wildman–Crippen LogP) is -2.89. The second-order valence-corrected chi connectivity index (χ2v) is 22.7. The maximum atomic E-state index is 13.7. The number of imidazole rings is 3. The number of hydrogen-bond donors (Lipinski definition) is 11. The maximum Gasteiger partial charge on any atom is 0.490 e. The van der Waals surface area contributed by atoms with Crippen LogP contribution >= 0.6 is 31.3 Å². The minimum absolute atomic E-state index is 0.0102. The molecule has 0 saturated carbocycles. The van der Waals surface area contributed by atoms with Gasteiger partial charge in [0.15, 0.2) is 41.7 Å². The molecule has 3 aliphatic heterocycles. The molecule has 16 atom stereocenters. The number of H-pyrrole nitrogens is 1. The summed E-state index contributed by atoms with van der Waals surface area (Å²) in [7, 11) is -17.9. The number of nitrogens with two attached hydrogens (primary N) is 2. The molecule has 0 bridgehead atoms. The third-order valence-electron chi connectivity index (χ3n) is 11.9. The molecule has 0 radical (unpaired) electrons. The van der Waals surface area contributed by atoms with E-state index in [-0.39, 0.29) is 51.1 Å². The number of aromatic amines is 1. The first kappa shape index (κ1) is 55.8. The highest BCUT2D eigenvalue weighted by Gasteiger charge is 2.54. The minimum atomic E-state index is -6.16. The van der Waals surface area contributed by atoms with Crippen LogP contribution in [0, 0.1) is 0 Å². The predicted molar refractivity (Wildman–Crippen MR) is 246 cm³/mol. The van der Waals surface area contributed by atoms with Crippen LogP contribution in [0.5, 0.6) is 0 Å². The molecule has 76 heavy (non-hydrogen) atoms. The van der Waals surface area contributed by atoms with Crippen LogP contribution in [0.2, 0.25) is 0 Å². The molecular formula is C34H48N15O23P4+. The van der Waals surface area contributed by atoms with E-state index >= 15 is 0 Å². The highest BCUT2D eigenvalue weighted by molar-refractivity contribution is 7.66. The number of nitrogens with zero attached hydrogens (tertiary/aromatic N) is 11. The van der Waals surface area contributed by atoms with Gasteiger partial charge in [-0.2, -0.15) is 8.62 Å². The van der Waals surface area contributed by atoms with E-state index in [4.69, 9.17) is 53.2 Å². The first-order valence-corrected chi connectivity index (χ1v) is 27.8. The van der Waals surface area contributed by atoms with Crippen molar-refractivity contribution in [3.05, 3.63) is 42.0 Å². The molecule has 3 aliphatic rings. The lowest BCUT2D eigenvalue weighted by atomic mass is 10.1. The van der Waals surface area contributed by atoms with Crippen LogP contribution in [0.15, 0.2) is 36.4 Å². The van der Waals surface area contributed by atoms with Gasteiger partial charge >= 0.3 is 36.9 Å². The van der Waals surface area contributed by atoms with Crippen molar-refractivity contribution in [3.8, 4) is 0 Å². The van der Waals surface area contributed by atoms with E-state index < -0.39 is 130 Å². The average Bonchev–Trinajstić information content (AvgIpc) is 4.21. The van der Waals surface area contributed by atoms with Gasteiger partial charge in [-0.1, -0.05) is 4.98 Å². The van der Waals surface area contributed by atoms with Crippen LogP contribution in [-0.4, -0.2) is 184 Å². The van der Waals surface area contributed by atoms with Crippen LogP contribution in [0.3, 0.4) is 0 Å². The van der Waals surface area contributed by atoms with Crippen LogP contribution in [0.1, 0.15) is 18.7 Å². The molecule has 9 heterocycles. The molecule has 9 rings (SSSR count). The number of methoxy groups -OCH3 is 2. The van der Waals surface area contributed by atoms with Crippen molar-refractivity contribution in [2.45, 2.75) is 73.6 Å². The summed E-state index contributed by atoms with van der Waals surface area (Å²) in [5, 5.41) is 35.7. The molecule has 0 amide bonds. The molecule has 6 aromatic heterocycles. The highest BCUT2D eigenvalue weighted by Crippen LogP contribution is 2.68. The zero-order chi connectivity index (χ0) is 54.8. The quantitative estimate of drug-likeness (QED) is 0.0254. The van der Waals surface area contributed by atoms with E-state index in [0.29, 0.717) is 0 Å². The van der Waals surface area contributed by atoms with E-state index in [0.717, 1.165) is 20.5 Å². The Balaban J connectivity index is 0.870. The van der Waals surface area contributed by atoms with Crippen molar-refractivity contribution in [1.82, 2.24) is 53.6 Å². The zero-order valence-corrected chi connectivity index (χ0v) is 43.0. The van der Waals surface area contributed by atoms with Crippen LogP contribution in [0.4, 0.5) is 17.6 Å². The summed E-state index contributed by atoms with van der Waals surface area (Å²) in [6.07, 6.45) is -12.4. The molecule has 3 fully saturated rings. The van der Waals surface area contributed by atoms with Gasteiger partial charge in [0.25, 0.3) is 11.5 Å². The molecule has 3 saturated heterocycles. The Hall–Kier alpha value is -4.95. The summed E-state index contributed by atoms with van der Waals surface area (Å²) in [6.45, 7) is -3.13. The third kappa shape index (κ3) is 11.1. The SMILES string of the molecule is CNc1ncnc2c1ncn2[C@@H]1O[C@H](COP(=O)(O)OP(=O)(O)OP(=O)(O)OC[C@H]2O[C@@H]([n+]3cn(C)c4c(=O)[nH]c(N)nc43)C(O)[C@H]2OC)C(OP(=O)(O)OC[C@H]2O[C@@H](n3cnc4c(N)ncnc43)[C@@H](O)C2O)[C@@H]1OC. The summed E-state index contributed by atoms with van der Waals surface area (Å²) < 4.78 is 116. The van der Waals surface area contributed by atoms with E-state index in [1.807, 2.05) is 0 Å². The number of phosphoric ester groups is 3. The molecule has 6 aromatic rings. The van der Waals surface area contributed by atoms with Gasteiger partial charge in [-0.05, 0) is 0 Å². The number of nitrogen functional groups attached to an aromatic ring is 2. The fraction of sp³-hybridized carbons (Fsp3) is 0.559. The lowest BCUT2D eigenvalue weighted by Gasteiger charge is -2.26. The number of aryl methyl sites for hydroxylation is 1. The monoisotopic (exact) mass is 1160 g/mol. The molecule has 0 aromatic carbocycles. The largest absolute Gasteiger partial charge is 0.490 e. The Kier molecular flexibility index (Phi) is 15.7. The molecule has 0 spiro atoms. The van der Waals surface area contributed by atoms with E-state index in [2.05, 4.69) is 53.8 Å². The van der Waals surface area contributed by atoms with Crippen LogP contribution < -0.4 is 26.9 Å². The normalized spacial score (nSPS) is 30.2. The van der Waals surface area contributed by atoms with Gasteiger partial charge < -0.3 is 75.4 Å². The Morgan fingerprint density at radius 1 is 0.711 bits per heavy atom. The first-order valence-electron chi connectivity index (χ1n) is 21.8. The second kappa shape index (κ2) is 21.4. The number of aliphatic hydroxyl groups excluding tert-OH is 3. The number of aliphatic hydroxyl groups is 3. The van der Waals surface area contributed by atoms with Gasteiger partial charge in [0.1, 0.15) is 78.6 Å². The van der Waals surface area contributed by atoms with Crippen molar-refractivity contribution < 1.29 is 108 Å². The number of fused-ring (bicyclic) bond motifs is 3. The number of aromatic nitrogens is 12. The maximum absolute atomic E-state index is 13.7. The molecule has 416 valence electrons. The number of hydrogen-bond acceptors (Lipinski definition) is 29. The van der Waals surface area contributed by atoms with Gasteiger partial charge in [-0.15, -0.1) is 0 Å².